The Morgan fingerprint density at radius 1 is 1.09 bits per heavy atom. The number of hydrogen-bond donors (Lipinski definition) is 2. The molecule has 9 nitrogen and oxygen atoms in total. The molecule has 0 aromatic rings. The van der Waals surface area contributed by atoms with Gasteiger partial charge in [-0.25, -0.2) is 13.0 Å². The van der Waals surface area contributed by atoms with Gasteiger partial charge in [-0.15, -0.1) is 0 Å². The van der Waals surface area contributed by atoms with Crippen molar-refractivity contribution in [3.63, 3.8) is 0 Å². The summed E-state index contributed by atoms with van der Waals surface area (Å²) in [4.78, 5) is 24.5. The Labute approximate surface area is 264 Å². The van der Waals surface area contributed by atoms with E-state index in [1.165, 1.54) is 0 Å². The molecule has 0 saturated carbocycles. The minimum atomic E-state index is -4.78. The first kappa shape index (κ1) is 63.0. The Morgan fingerprint density at radius 3 is 1.14 bits per heavy atom. The van der Waals surface area contributed by atoms with Gasteiger partial charge in [0.05, 0.1) is 16.4 Å². The summed E-state index contributed by atoms with van der Waals surface area (Å²) < 4.78 is 51.3. The van der Waals surface area contributed by atoms with Gasteiger partial charge >= 0.3 is 15.0 Å². The zero-order chi connectivity index (χ0) is 14.6. The van der Waals surface area contributed by atoms with Gasteiger partial charge < -0.3 is 26.9 Å². The van der Waals surface area contributed by atoms with E-state index in [0.29, 0.717) is 6.26 Å². The molecule has 18 heteroatoms. The Morgan fingerprint density at radius 2 is 1.14 bits per heavy atom. The molecule has 0 spiro atoms. The van der Waals surface area contributed by atoms with Crippen LogP contribution >= 0.6 is 15.0 Å². The second kappa shape index (κ2) is 41.2. The second-order valence-electron chi connectivity index (χ2n) is 1.46. The molecule has 0 aliphatic carbocycles. The molecule has 0 aliphatic rings. The van der Waals surface area contributed by atoms with Crippen LogP contribution < -0.4 is 4.89 Å². The smallest absolute Gasteiger partial charge is 0.561 e. The number of hydrogen-bond acceptors (Lipinski definition) is 7. The number of rotatable bonds is 1. The van der Waals surface area contributed by atoms with Crippen molar-refractivity contribution in [2.45, 2.75) is 14.9 Å². The molecule has 0 rings (SSSR count). The second-order valence-corrected chi connectivity index (χ2v) is 6.91. The van der Waals surface area contributed by atoms with Crippen LogP contribution in [0.3, 0.4) is 0 Å². The molecular weight excluding hydrogens is 510 g/mol. The van der Waals surface area contributed by atoms with E-state index in [9.17, 15) is 14.0 Å². The fourth-order valence-corrected chi connectivity index (χ4v) is 0. The summed E-state index contributed by atoms with van der Waals surface area (Å²) in [5.41, 5.74) is 0. The van der Waals surface area contributed by atoms with E-state index >= 15 is 0 Å². The average Bonchev–Trinajstić information content (AvgIpc) is 2.07. The van der Waals surface area contributed by atoms with Crippen LogP contribution in [0.2, 0.25) is 0 Å². The summed E-state index contributed by atoms with van der Waals surface area (Å²) in [6, 6.07) is 0. The van der Waals surface area contributed by atoms with Crippen LogP contribution in [0, 0.1) is 151 Å². The molecule has 1 unspecified atom stereocenters. The first-order valence-electron chi connectivity index (χ1n) is 2.76. The van der Waals surface area contributed by atoms with Crippen LogP contribution in [0.4, 0.5) is 0 Å². The van der Waals surface area contributed by atoms with Crippen molar-refractivity contribution >= 4 is 50.7 Å². The summed E-state index contributed by atoms with van der Waals surface area (Å²) >= 11 is 6.31. The molecule has 1 atom stereocenters. The molecule has 0 heterocycles. The minimum Gasteiger partial charge on any atom is -0.748 e. The van der Waals surface area contributed by atoms with Crippen molar-refractivity contribution in [2.24, 2.45) is 0 Å². The Kier molecular flexibility index (Phi) is 118. The zero-order valence-corrected chi connectivity index (χ0v) is 16.7. The maximum Gasteiger partial charge on any atom is 0.561 e. The van der Waals surface area contributed by atoms with Gasteiger partial charge in [0.2, 0.25) is 0 Å². The van der Waals surface area contributed by atoms with Gasteiger partial charge in [-0.1, -0.05) is 19.4 Å². The molecule has 150 valence electrons. The van der Waals surface area contributed by atoms with Gasteiger partial charge in [-0.05, 0) is 12.6 Å². The predicted octanol–water partition coefficient (Wildman–Crippen LogP) is -1.58. The van der Waals surface area contributed by atoms with E-state index < -0.39 is 25.1 Å². The quantitative estimate of drug-likeness (QED) is 0.175. The summed E-state index contributed by atoms with van der Waals surface area (Å²) in [5, 5.41) is 0. The molecule has 0 saturated heterocycles. The molecule has 0 aromatic heterocycles. The fourth-order valence-electron chi connectivity index (χ4n) is 0. The van der Waals surface area contributed by atoms with Crippen LogP contribution in [0.5, 0.6) is 0 Å². The third-order valence-electron chi connectivity index (χ3n) is 0.213. The summed E-state index contributed by atoms with van der Waals surface area (Å²) in [5.74, 6) is 0. The molecule has 4 N–H and O–H groups in total. The zero-order valence-electron chi connectivity index (χ0n) is 9.47. The Hall–Kier alpha value is 5.82. The Bertz CT molecular complexity index is 304. The van der Waals surface area contributed by atoms with Crippen LogP contribution in [0.25, 0.3) is 0 Å². The predicted molar refractivity (Wildman–Crippen MR) is 75.8 cm³/mol. The third kappa shape index (κ3) is 114. The van der Waals surface area contributed by atoms with Crippen LogP contribution in [0.1, 0.15) is 14.9 Å². The molecule has 0 radical (unpaired) electrons. The van der Waals surface area contributed by atoms with Crippen molar-refractivity contribution < 1.29 is 192 Å². The molecule has 0 aromatic carbocycles. The first-order chi connectivity index (χ1) is 6.94. The molecule has 22 heavy (non-hydrogen) atoms. The maximum absolute atomic E-state index is 9.43. The van der Waals surface area contributed by atoms with E-state index in [0.717, 1.165) is 0 Å². The monoisotopic (exact) mass is 530 g/mol. The van der Waals surface area contributed by atoms with Gasteiger partial charge in [0.25, 0.3) is 0 Å². The molecule has 0 amide bonds. The van der Waals surface area contributed by atoms with Gasteiger partial charge in [0.15, 0.2) is 0 Å². The van der Waals surface area contributed by atoms with E-state index in [4.69, 9.17) is 27.3 Å². The van der Waals surface area contributed by atoms with Crippen LogP contribution in [-0.2, 0) is 44.8 Å². The van der Waals surface area contributed by atoms with E-state index in [1.54, 1.807) is 6.26 Å². The van der Waals surface area contributed by atoms with E-state index in [2.05, 4.69) is 25.5 Å². The van der Waals surface area contributed by atoms with Crippen molar-refractivity contribution in [1.29, 1.82) is 0 Å². The fraction of sp³-hybridized carbons (Fsp3) is 1.00. The standard InChI is InChI=1S/CH4O3S.CH4S.2CH4.4Ar.H2O5P2.H2OS/c1-5(2,3)4;1-2;;;;;;;1-6(2)7(3,4)5;1-2/h1H3,(H,2,3,4);2H,1H3;2*1H4;;;;;(H2,3,4,5);1H2. The molecule has 0 bridgehead atoms. The van der Waals surface area contributed by atoms with Gasteiger partial charge in [-0.3, -0.25) is 9.79 Å². The van der Waals surface area contributed by atoms with E-state index in [-0.39, 0.29) is 166 Å². The van der Waals surface area contributed by atoms with Gasteiger partial charge in [-0.2, -0.15) is 0 Å². The van der Waals surface area contributed by atoms with Crippen LogP contribution in [-0.4, -0.2) is 39.8 Å². The van der Waals surface area contributed by atoms with Crippen LogP contribution in [0.15, 0.2) is 0 Å². The van der Waals surface area contributed by atoms with Crippen molar-refractivity contribution in [3.8, 4) is 0 Å². The normalized spacial score (nSPS) is 7.59. The topological polar surface area (TPSA) is 178 Å². The first-order valence-corrected chi connectivity index (χ1v) is 9.48. The maximum atomic E-state index is 9.43. The van der Waals surface area contributed by atoms with Gasteiger partial charge in [0, 0.05) is 157 Å². The van der Waals surface area contributed by atoms with Crippen molar-refractivity contribution in [2.75, 3.05) is 12.5 Å². The molecular formula is C4H20Ar4O9P2S3. The SMILES string of the molecule is C.C.CS(=O)(=O)[O-].C[SH2+].O=[P+]([O-])P(=O)(O)O.[Ar].[Ar].[Ar].[Ar].[OH2+][S-]. The Balaban J connectivity index is -0.0000000110. The summed E-state index contributed by atoms with van der Waals surface area (Å²) in [6.45, 7) is 0. The molecule has 0 aliphatic heterocycles. The van der Waals surface area contributed by atoms with Crippen molar-refractivity contribution in [3.05, 3.63) is 0 Å². The van der Waals surface area contributed by atoms with Gasteiger partial charge in [0.1, 0.15) is 0 Å². The summed E-state index contributed by atoms with van der Waals surface area (Å²) in [7, 11) is -12.3. The third-order valence-corrected chi connectivity index (χ3v) is 1.91. The summed E-state index contributed by atoms with van der Waals surface area (Å²) in [6.07, 6.45) is 2.41. The van der Waals surface area contributed by atoms with Crippen molar-refractivity contribution in [1.82, 2.24) is 0 Å². The minimum absolute atomic E-state index is 0. The van der Waals surface area contributed by atoms with E-state index in [1.807, 2.05) is 0 Å². The molecule has 0 fully saturated rings. The average molecular weight is 530 g/mol. The largest absolute Gasteiger partial charge is 0.748 e.